The summed E-state index contributed by atoms with van der Waals surface area (Å²) in [5, 5.41) is 2.76. The number of hydrogen-bond acceptors (Lipinski definition) is 3. The van der Waals surface area contributed by atoms with Crippen LogP contribution < -0.4 is 5.32 Å². The lowest BCUT2D eigenvalue weighted by molar-refractivity contribution is -0.142. The van der Waals surface area contributed by atoms with Gasteiger partial charge in [-0.05, 0) is 32.0 Å². The van der Waals surface area contributed by atoms with Crippen molar-refractivity contribution in [3.05, 3.63) is 34.9 Å². The van der Waals surface area contributed by atoms with Gasteiger partial charge in [-0.15, -0.1) is 0 Å². The van der Waals surface area contributed by atoms with E-state index in [2.05, 4.69) is 37.4 Å². The van der Waals surface area contributed by atoms with Crippen LogP contribution in [0.15, 0.2) is 18.2 Å². The van der Waals surface area contributed by atoms with Crippen LogP contribution in [0.25, 0.3) is 0 Å². The fourth-order valence-corrected chi connectivity index (χ4v) is 1.54. The first-order valence-corrected chi connectivity index (χ1v) is 5.50. The van der Waals surface area contributed by atoms with Crippen LogP contribution in [-0.4, -0.2) is 26.2 Å². The van der Waals surface area contributed by atoms with Gasteiger partial charge >= 0.3 is 5.97 Å². The van der Waals surface area contributed by atoms with Crippen LogP contribution in [0.3, 0.4) is 0 Å². The zero-order valence-corrected chi connectivity index (χ0v) is 10.2. The van der Waals surface area contributed by atoms with Crippen LogP contribution >= 0.6 is 0 Å². The molecule has 0 aliphatic carbocycles. The van der Waals surface area contributed by atoms with Crippen molar-refractivity contribution in [2.24, 2.45) is 0 Å². The van der Waals surface area contributed by atoms with E-state index in [0.717, 1.165) is 6.42 Å². The largest absolute Gasteiger partial charge is 0.464 e. The van der Waals surface area contributed by atoms with Gasteiger partial charge in [-0.2, -0.15) is 0 Å². The average Bonchev–Trinajstić information content (AvgIpc) is 2.23. The van der Waals surface area contributed by atoms with E-state index in [0.29, 0.717) is 6.61 Å². The second-order valence-corrected chi connectivity index (χ2v) is 3.93. The Morgan fingerprint density at radius 1 is 1.38 bits per heavy atom. The molecule has 0 aliphatic heterocycles. The molecular formula is C13H19NO2. The highest BCUT2D eigenvalue weighted by atomic mass is 16.5. The van der Waals surface area contributed by atoms with Crippen molar-refractivity contribution < 1.29 is 9.53 Å². The van der Waals surface area contributed by atoms with Gasteiger partial charge in [-0.25, -0.2) is 0 Å². The zero-order chi connectivity index (χ0) is 12.0. The number of ether oxygens (including phenoxy) is 1. The maximum absolute atomic E-state index is 11.1. The first-order valence-electron chi connectivity index (χ1n) is 5.50. The summed E-state index contributed by atoms with van der Waals surface area (Å²) in [6.45, 7) is 4.86. The molecule has 0 amide bonds. The maximum Gasteiger partial charge on any atom is 0.319 e. The number of nitrogens with one attached hydrogen (secondary N) is 1. The lowest BCUT2D eigenvalue weighted by Gasteiger charge is -2.08. The molecule has 1 rings (SSSR count). The highest BCUT2D eigenvalue weighted by molar-refractivity contribution is 5.71. The van der Waals surface area contributed by atoms with E-state index in [9.17, 15) is 4.79 Å². The minimum Gasteiger partial charge on any atom is -0.464 e. The van der Waals surface area contributed by atoms with E-state index in [1.807, 2.05) is 0 Å². The summed E-state index contributed by atoms with van der Waals surface area (Å²) in [4.78, 5) is 11.1. The Morgan fingerprint density at radius 2 is 2.12 bits per heavy atom. The standard InChI is InChI=1S/C13H19NO2/c1-10-4-5-11(2)12(8-10)6-7-16-13(15)9-14-3/h4-5,8,14H,6-7,9H2,1-3H3. The minimum atomic E-state index is -0.201. The monoisotopic (exact) mass is 221 g/mol. The van der Waals surface area contributed by atoms with Gasteiger partial charge in [0, 0.05) is 6.42 Å². The van der Waals surface area contributed by atoms with E-state index < -0.39 is 0 Å². The van der Waals surface area contributed by atoms with Gasteiger partial charge in [0.1, 0.15) is 0 Å². The van der Waals surface area contributed by atoms with E-state index >= 15 is 0 Å². The predicted molar refractivity (Wildman–Crippen MR) is 64.5 cm³/mol. The average molecular weight is 221 g/mol. The van der Waals surface area contributed by atoms with Gasteiger partial charge in [-0.1, -0.05) is 23.8 Å². The molecule has 88 valence electrons. The smallest absolute Gasteiger partial charge is 0.319 e. The van der Waals surface area contributed by atoms with Crippen molar-refractivity contribution in [3.8, 4) is 0 Å². The second kappa shape index (κ2) is 6.28. The van der Waals surface area contributed by atoms with Crippen LogP contribution in [0.2, 0.25) is 0 Å². The Kier molecular flexibility index (Phi) is 4.99. The molecule has 0 atom stereocenters. The van der Waals surface area contributed by atoms with Crippen molar-refractivity contribution in [3.63, 3.8) is 0 Å². The molecule has 16 heavy (non-hydrogen) atoms. The number of carbonyl (C=O) groups is 1. The number of aryl methyl sites for hydroxylation is 2. The molecule has 0 aromatic heterocycles. The summed E-state index contributed by atoms with van der Waals surface area (Å²) >= 11 is 0. The molecule has 0 spiro atoms. The van der Waals surface area contributed by atoms with Crippen molar-refractivity contribution >= 4 is 5.97 Å². The van der Waals surface area contributed by atoms with Gasteiger partial charge in [0.25, 0.3) is 0 Å². The third-order valence-corrected chi connectivity index (χ3v) is 2.46. The molecule has 0 bridgehead atoms. The predicted octanol–water partition coefficient (Wildman–Crippen LogP) is 1.61. The Hall–Kier alpha value is -1.35. The molecule has 1 aromatic carbocycles. The highest BCUT2D eigenvalue weighted by Crippen LogP contribution is 2.11. The van der Waals surface area contributed by atoms with E-state index in [4.69, 9.17) is 4.74 Å². The molecule has 0 saturated carbocycles. The van der Waals surface area contributed by atoms with Crippen molar-refractivity contribution in [1.29, 1.82) is 0 Å². The molecular weight excluding hydrogens is 202 g/mol. The molecule has 0 unspecified atom stereocenters. The Bertz CT molecular complexity index is 361. The van der Waals surface area contributed by atoms with Crippen molar-refractivity contribution in [2.45, 2.75) is 20.3 Å². The number of likely N-dealkylation sites (N-methyl/N-ethyl adjacent to an activating group) is 1. The lowest BCUT2D eigenvalue weighted by Crippen LogP contribution is -2.21. The number of benzene rings is 1. The summed E-state index contributed by atoms with van der Waals surface area (Å²) < 4.78 is 5.08. The fraction of sp³-hybridized carbons (Fsp3) is 0.462. The topological polar surface area (TPSA) is 38.3 Å². The first kappa shape index (κ1) is 12.7. The SMILES string of the molecule is CNCC(=O)OCCc1cc(C)ccc1C. The van der Waals surface area contributed by atoms with Crippen LogP contribution in [0, 0.1) is 13.8 Å². The summed E-state index contributed by atoms with van der Waals surface area (Å²) in [6, 6.07) is 6.33. The zero-order valence-electron chi connectivity index (χ0n) is 10.2. The third-order valence-electron chi connectivity index (χ3n) is 2.46. The molecule has 3 heteroatoms. The summed E-state index contributed by atoms with van der Waals surface area (Å²) in [6.07, 6.45) is 0.781. The van der Waals surface area contributed by atoms with Gasteiger partial charge < -0.3 is 10.1 Å². The van der Waals surface area contributed by atoms with Gasteiger partial charge in [0.2, 0.25) is 0 Å². The van der Waals surface area contributed by atoms with Gasteiger partial charge in [-0.3, -0.25) is 4.79 Å². The Balaban J connectivity index is 2.42. The van der Waals surface area contributed by atoms with Crippen molar-refractivity contribution in [1.82, 2.24) is 5.32 Å². The molecule has 0 heterocycles. The minimum absolute atomic E-state index is 0.201. The fourth-order valence-electron chi connectivity index (χ4n) is 1.54. The van der Waals surface area contributed by atoms with Gasteiger partial charge in [0.15, 0.2) is 0 Å². The van der Waals surface area contributed by atoms with E-state index in [1.165, 1.54) is 16.7 Å². The molecule has 0 aliphatic rings. The quantitative estimate of drug-likeness (QED) is 0.768. The maximum atomic E-state index is 11.1. The molecule has 0 radical (unpaired) electrons. The lowest BCUT2D eigenvalue weighted by atomic mass is 10.0. The second-order valence-electron chi connectivity index (χ2n) is 3.93. The molecule has 0 fully saturated rings. The highest BCUT2D eigenvalue weighted by Gasteiger charge is 2.02. The number of esters is 1. The van der Waals surface area contributed by atoms with Crippen molar-refractivity contribution in [2.75, 3.05) is 20.2 Å². The summed E-state index contributed by atoms with van der Waals surface area (Å²) in [7, 11) is 1.73. The summed E-state index contributed by atoms with van der Waals surface area (Å²) in [5.41, 5.74) is 3.73. The molecule has 1 aromatic rings. The van der Waals surface area contributed by atoms with Crippen LogP contribution in [0.1, 0.15) is 16.7 Å². The van der Waals surface area contributed by atoms with Gasteiger partial charge in [0.05, 0.1) is 13.2 Å². The summed E-state index contributed by atoms with van der Waals surface area (Å²) in [5.74, 6) is -0.201. The first-order chi connectivity index (χ1) is 7.63. The number of hydrogen-bond donors (Lipinski definition) is 1. The van der Waals surface area contributed by atoms with Crippen LogP contribution in [0.5, 0.6) is 0 Å². The molecule has 0 saturated heterocycles. The number of rotatable bonds is 5. The van der Waals surface area contributed by atoms with E-state index in [1.54, 1.807) is 7.05 Å². The molecule has 3 nitrogen and oxygen atoms in total. The Labute approximate surface area is 96.8 Å². The van der Waals surface area contributed by atoms with Crippen LogP contribution in [-0.2, 0) is 16.0 Å². The normalized spacial score (nSPS) is 10.2. The Morgan fingerprint density at radius 3 is 2.81 bits per heavy atom. The molecule has 1 N–H and O–H groups in total. The van der Waals surface area contributed by atoms with Crippen LogP contribution in [0.4, 0.5) is 0 Å². The number of carbonyl (C=O) groups excluding carboxylic acids is 1. The van der Waals surface area contributed by atoms with E-state index in [-0.39, 0.29) is 12.5 Å². The third kappa shape index (κ3) is 4.03.